The van der Waals surface area contributed by atoms with Crippen molar-refractivity contribution >= 4 is 17.6 Å². The van der Waals surface area contributed by atoms with Crippen LogP contribution in [0, 0.1) is 13.8 Å². The van der Waals surface area contributed by atoms with Crippen molar-refractivity contribution in [1.29, 1.82) is 0 Å². The van der Waals surface area contributed by atoms with Crippen LogP contribution in [0.3, 0.4) is 0 Å². The summed E-state index contributed by atoms with van der Waals surface area (Å²) in [7, 11) is 1.74. The summed E-state index contributed by atoms with van der Waals surface area (Å²) < 4.78 is 0. The van der Waals surface area contributed by atoms with Crippen molar-refractivity contribution in [2.75, 3.05) is 38.2 Å². The van der Waals surface area contributed by atoms with E-state index in [-0.39, 0.29) is 37.5 Å². The predicted octanol–water partition coefficient (Wildman–Crippen LogP) is 0.673. The van der Waals surface area contributed by atoms with Crippen LogP contribution in [0.5, 0.6) is 0 Å². The molecule has 0 aliphatic carbocycles. The molecule has 28 heavy (non-hydrogen) atoms. The van der Waals surface area contributed by atoms with Crippen LogP contribution >= 0.6 is 0 Å². The summed E-state index contributed by atoms with van der Waals surface area (Å²) in [6.45, 7) is 6.13. The van der Waals surface area contributed by atoms with Gasteiger partial charge in [0.2, 0.25) is 0 Å². The summed E-state index contributed by atoms with van der Waals surface area (Å²) in [4.78, 5) is 33.2. The first-order valence-electron chi connectivity index (χ1n) is 9.98. The Labute approximate surface area is 165 Å². The molecule has 0 radical (unpaired) electrons. The number of aryl methyl sites for hydroxylation is 2. The smallest absolute Gasteiger partial charge is 0.327 e. The third kappa shape index (κ3) is 2.96. The summed E-state index contributed by atoms with van der Waals surface area (Å²) in [5.41, 5.74) is 3.62. The molecule has 8 heteroatoms. The molecule has 3 heterocycles. The maximum atomic E-state index is 13.2. The number of likely N-dealkylation sites (N-methyl/N-ethyl adjacent to an activating group) is 1. The second-order valence-electron chi connectivity index (χ2n) is 7.94. The molecule has 3 aliphatic rings. The Morgan fingerprint density at radius 2 is 1.96 bits per heavy atom. The molecule has 1 aromatic carbocycles. The van der Waals surface area contributed by atoms with Crippen molar-refractivity contribution in [2.45, 2.75) is 45.2 Å². The zero-order chi connectivity index (χ0) is 20.0. The Morgan fingerprint density at radius 3 is 2.68 bits per heavy atom. The summed E-state index contributed by atoms with van der Waals surface area (Å²) in [5, 5.41) is 12.6. The SMILES string of the molecule is Cc1ccc(N2CCCN3C4C(=O)N(CCCO)C(=O)N(C)C4NC23)cc1C. The van der Waals surface area contributed by atoms with Crippen LogP contribution < -0.4 is 10.2 Å². The minimum atomic E-state index is -0.402. The van der Waals surface area contributed by atoms with Crippen molar-refractivity contribution < 1.29 is 14.7 Å². The zero-order valence-electron chi connectivity index (χ0n) is 16.8. The van der Waals surface area contributed by atoms with Gasteiger partial charge in [0.1, 0.15) is 18.5 Å². The van der Waals surface area contributed by atoms with Gasteiger partial charge >= 0.3 is 6.03 Å². The Hall–Kier alpha value is -2.16. The second-order valence-corrected chi connectivity index (χ2v) is 7.94. The lowest BCUT2D eigenvalue weighted by molar-refractivity contribution is -0.138. The van der Waals surface area contributed by atoms with E-state index >= 15 is 0 Å². The number of amides is 3. The molecule has 3 amide bonds. The molecule has 152 valence electrons. The zero-order valence-corrected chi connectivity index (χ0v) is 16.8. The van der Waals surface area contributed by atoms with Crippen LogP contribution in [-0.2, 0) is 4.79 Å². The van der Waals surface area contributed by atoms with E-state index in [9.17, 15) is 9.59 Å². The minimum Gasteiger partial charge on any atom is -0.396 e. The van der Waals surface area contributed by atoms with Gasteiger partial charge < -0.3 is 14.9 Å². The number of urea groups is 1. The van der Waals surface area contributed by atoms with Gasteiger partial charge in [-0.1, -0.05) is 6.07 Å². The average Bonchev–Trinajstić information content (AvgIpc) is 3.08. The number of aliphatic hydroxyl groups excluding tert-OH is 1. The molecule has 3 saturated heterocycles. The summed E-state index contributed by atoms with van der Waals surface area (Å²) in [6, 6.07) is 5.74. The van der Waals surface area contributed by atoms with Crippen molar-refractivity contribution in [3.05, 3.63) is 29.3 Å². The lowest BCUT2D eigenvalue weighted by Crippen LogP contribution is -2.66. The van der Waals surface area contributed by atoms with Gasteiger partial charge in [0, 0.05) is 39.0 Å². The van der Waals surface area contributed by atoms with Crippen molar-refractivity contribution in [1.82, 2.24) is 20.0 Å². The largest absolute Gasteiger partial charge is 0.396 e. The third-order valence-corrected chi connectivity index (χ3v) is 6.23. The Bertz CT molecular complexity index is 785. The van der Waals surface area contributed by atoms with E-state index in [4.69, 9.17) is 5.11 Å². The van der Waals surface area contributed by atoms with Gasteiger partial charge in [0.05, 0.1) is 0 Å². The molecule has 0 aromatic heterocycles. The molecule has 2 N–H and O–H groups in total. The second kappa shape index (κ2) is 7.35. The fourth-order valence-electron chi connectivity index (χ4n) is 4.52. The van der Waals surface area contributed by atoms with E-state index in [2.05, 4.69) is 47.2 Å². The van der Waals surface area contributed by atoms with Gasteiger partial charge in [-0.25, -0.2) is 4.79 Å². The van der Waals surface area contributed by atoms with Gasteiger partial charge in [-0.15, -0.1) is 0 Å². The molecule has 3 aliphatic heterocycles. The van der Waals surface area contributed by atoms with E-state index in [1.54, 1.807) is 11.9 Å². The number of nitrogens with zero attached hydrogens (tertiary/aromatic N) is 4. The first kappa shape index (κ1) is 19.2. The molecule has 1 aromatic rings. The summed E-state index contributed by atoms with van der Waals surface area (Å²) in [5.74, 6) is -0.168. The molecule has 3 unspecified atom stereocenters. The normalized spacial score (nSPS) is 28.0. The number of imide groups is 1. The quantitative estimate of drug-likeness (QED) is 0.791. The maximum Gasteiger partial charge on any atom is 0.327 e. The van der Waals surface area contributed by atoms with E-state index in [0.29, 0.717) is 6.42 Å². The van der Waals surface area contributed by atoms with Crippen LogP contribution in [0.1, 0.15) is 24.0 Å². The molecule has 0 spiro atoms. The minimum absolute atomic E-state index is 0.0417. The van der Waals surface area contributed by atoms with Gasteiger partial charge in [0.25, 0.3) is 5.91 Å². The highest BCUT2D eigenvalue weighted by molar-refractivity contribution is 6.00. The summed E-state index contributed by atoms with van der Waals surface area (Å²) in [6.07, 6.45) is 0.884. The van der Waals surface area contributed by atoms with Crippen LogP contribution in [0.4, 0.5) is 10.5 Å². The maximum absolute atomic E-state index is 13.2. The van der Waals surface area contributed by atoms with Crippen LogP contribution in [0.25, 0.3) is 0 Å². The number of hydrogen-bond acceptors (Lipinski definition) is 6. The first-order valence-corrected chi connectivity index (χ1v) is 9.98. The Morgan fingerprint density at radius 1 is 1.18 bits per heavy atom. The monoisotopic (exact) mass is 387 g/mol. The van der Waals surface area contributed by atoms with Crippen molar-refractivity contribution in [2.24, 2.45) is 0 Å². The van der Waals surface area contributed by atoms with E-state index in [1.807, 2.05) is 0 Å². The molecular weight excluding hydrogens is 358 g/mol. The van der Waals surface area contributed by atoms with Crippen LogP contribution in [-0.4, -0.2) is 83.5 Å². The molecule has 8 nitrogen and oxygen atoms in total. The number of benzene rings is 1. The Balaban J connectivity index is 1.63. The summed E-state index contributed by atoms with van der Waals surface area (Å²) >= 11 is 0. The number of fused-ring (bicyclic) bond motifs is 3. The molecule has 0 saturated carbocycles. The fourth-order valence-corrected chi connectivity index (χ4v) is 4.52. The van der Waals surface area contributed by atoms with Crippen LogP contribution in [0.2, 0.25) is 0 Å². The van der Waals surface area contributed by atoms with Gasteiger partial charge in [-0.05, 0) is 49.9 Å². The van der Waals surface area contributed by atoms with Crippen LogP contribution in [0.15, 0.2) is 18.2 Å². The van der Waals surface area contributed by atoms with E-state index < -0.39 is 6.04 Å². The lowest BCUT2D eigenvalue weighted by Gasteiger charge is -2.44. The molecule has 3 atom stereocenters. The fraction of sp³-hybridized carbons (Fsp3) is 0.600. The standard InChI is InChI=1S/C20H29N5O3/c1-13-6-7-15(12-14(13)2)23-8-4-9-24-16-17(21-19(23)24)22(3)20(28)25(18(16)27)10-5-11-26/h6-7,12,16-17,19,21,26H,4-5,8-11H2,1-3H3. The highest BCUT2D eigenvalue weighted by Crippen LogP contribution is 2.33. The molecular formula is C20H29N5O3. The topological polar surface area (TPSA) is 79.4 Å². The number of nitrogens with one attached hydrogen (secondary N) is 1. The number of aliphatic hydroxyl groups is 1. The molecule has 3 fully saturated rings. The molecule has 0 bridgehead atoms. The number of anilines is 1. The average molecular weight is 387 g/mol. The van der Waals surface area contributed by atoms with Gasteiger partial charge in [-0.2, -0.15) is 0 Å². The van der Waals surface area contributed by atoms with Gasteiger partial charge in [-0.3, -0.25) is 19.9 Å². The number of carbonyl (C=O) groups is 2. The van der Waals surface area contributed by atoms with E-state index in [1.165, 1.54) is 16.0 Å². The lowest BCUT2D eigenvalue weighted by atomic mass is 10.1. The van der Waals surface area contributed by atoms with Crippen molar-refractivity contribution in [3.8, 4) is 0 Å². The van der Waals surface area contributed by atoms with Crippen molar-refractivity contribution in [3.63, 3.8) is 0 Å². The number of carbonyl (C=O) groups excluding carboxylic acids is 2. The van der Waals surface area contributed by atoms with Gasteiger partial charge in [0.15, 0.2) is 0 Å². The highest BCUT2D eigenvalue weighted by Gasteiger charge is 2.55. The predicted molar refractivity (Wildman–Crippen MR) is 106 cm³/mol. The third-order valence-electron chi connectivity index (χ3n) is 6.23. The highest BCUT2D eigenvalue weighted by atomic mass is 16.3. The molecule has 4 rings (SSSR count). The first-order chi connectivity index (χ1) is 13.4. The number of rotatable bonds is 4. The number of hydrogen-bond donors (Lipinski definition) is 2. The van der Waals surface area contributed by atoms with E-state index in [0.717, 1.165) is 25.2 Å². The Kier molecular flexibility index (Phi) is 5.03.